The lowest BCUT2D eigenvalue weighted by molar-refractivity contribution is -0.0443. The van der Waals surface area contributed by atoms with Crippen LogP contribution in [-0.2, 0) is 21.7 Å². The summed E-state index contributed by atoms with van der Waals surface area (Å²) >= 11 is 0. The van der Waals surface area contributed by atoms with Crippen LogP contribution < -0.4 is 0 Å². The molecule has 0 radical (unpaired) electrons. The van der Waals surface area contributed by atoms with Crippen molar-refractivity contribution >= 4 is 0 Å². The zero-order chi connectivity index (χ0) is 27.7. The number of nitrogens with zero attached hydrogens (tertiary/aromatic N) is 1. The van der Waals surface area contributed by atoms with Gasteiger partial charge in [0.1, 0.15) is 0 Å². The molecule has 0 fully saturated rings. The summed E-state index contributed by atoms with van der Waals surface area (Å²) in [5.41, 5.74) is 8.87. The molecular formula is C35H53N. The fourth-order valence-corrected chi connectivity index (χ4v) is 7.87. The molecule has 0 N–H and O–H groups in total. The molecule has 1 heteroatoms. The standard InChI is InChI=1S/C35H53N/c1-28(2)23-18-17-22(19-24(23)29(3,4)33(11,12)32(28,9)10)27-20-25-26(21-36-27)31(7,8)35(15,16)34(13,14)30(25,5)6/h17-21H,1-16H3. The molecule has 0 unspecified atom stereocenters. The summed E-state index contributed by atoms with van der Waals surface area (Å²) in [6.45, 7) is 39.2. The van der Waals surface area contributed by atoms with E-state index in [-0.39, 0.29) is 43.3 Å². The average molecular weight is 488 g/mol. The molecule has 36 heavy (non-hydrogen) atoms. The van der Waals surface area contributed by atoms with Crippen LogP contribution in [-0.4, -0.2) is 4.98 Å². The van der Waals surface area contributed by atoms with Crippen LogP contribution in [0.1, 0.15) is 133 Å². The van der Waals surface area contributed by atoms with Crippen LogP contribution in [0.15, 0.2) is 30.5 Å². The van der Waals surface area contributed by atoms with Crippen LogP contribution in [0.2, 0.25) is 0 Å². The third kappa shape index (κ3) is 2.82. The van der Waals surface area contributed by atoms with E-state index in [4.69, 9.17) is 4.98 Å². The topological polar surface area (TPSA) is 12.9 Å². The maximum Gasteiger partial charge on any atom is 0.0705 e. The molecule has 0 spiro atoms. The Balaban J connectivity index is 1.96. The fraction of sp³-hybridized carbons (Fsp3) is 0.686. The van der Waals surface area contributed by atoms with Gasteiger partial charge in [0, 0.05) is 11.8 Å². The summed E-state index contributed by atoms with van der Waals surface area (Å²) in [6, 6.07) is 9.63. The molecule has 2 aliphatic carbocycles. The normalized spacial score (nSPS) is 27.0. The monoisotopic (exact) mass is 487 g/mol. The van der Waals surface area contributed by atoms with Gasteiger partial charge in [-0.15, -0.1) is 0 Å². The molecule has 1 nitrogen and oxygen atoms in total. The average Bonchev–Trinajstić information content (AvgIpc) is 2.76. The lowest BCUT2D eigenvalue weighted by Gasteiger charge is -2.64. The second-order valence-electron chi connectivity index (χ2n) is 16.4. The lowest BCUT2D eigenvalue weighted by Crippen LogP contribution is -2.60. The minimum atomic E-state index is 0.0283. The smallest absolute Gasteiger partial charge is 0.0705 e. The fourth-order valence-electron chi connectivity index (χ4n) is 7.87. The molecule has 1 heterocycles. The number of benzene rings is 1. The summed E-state index contributed by atoms with van der Waals surface area (Å²) in [6.07, 6.45) is 2.20. The van der Waals surface area contributed by atoms with Gasteiger partial charge >= 0.3 is 0 Å². The van der Waals surface area contributed by atoms with Crippen LogP contribution in [0, 0.1) is 21.7 Å². The van der Waals surface area contributed by atoms with Gasteiger partial charge in [-0.2, -0.15) is 0 Å². The molecule has 2 aliphatic rings. The molecule has 1 aromatic carbocycles. The van der Waals surface area contributed by atoms with Crippen LogP contribution >= 0.6 is 0 Å². The van der Waals surface area contributed by atoms with Crippen molar-refractivity contribution in [2.75, 3.05) is 0 Å². The highest BCUT2D eigenvalue weighted by Gasteiger charge is 2.62. The molecule has 4 rings (SSSR count). The maximum atomic E-state index is 5.13. The molecule has 0 amide bonds. The molecule has 0 saturated heterocycles. The first-order chi connectivity index (χ1) is 15.9. The van der Waals surface area contributed by atoms with Crippen molar-refractivity contribution in [2.45, 2.75) is 132 Å². The second-order valence-corrected chi connectivity index (χ2v) is 16.4. The zero-order valence-corrected chi connectivity index (χ0v) is 26.3. The Bertz CT molecular complexity index is 1130. The first kappa shape index (κ1) is 27.4. The van der Waals surface area contributed by atoms with E-state index in [9.17, 15) is 0 Å². The van der Waals surface area contributed by atoms with E-state index in [1.807, 2.05) is 0 Å². The Morgan fingerprint density at radius 3 is 1.22 bits per heavy atom. The van der Waals surface area contributed by atoms with E-state index >= 15 is 0 Å². The van der Waals surface area contributed by atoms with Gasteiger partial charge in [0.2, 0.25) is 0 Å². The summed E-state index contributed by atoms with van der Waals surface area (Å²) in [5, 5.41) is 0. The molecule has 2 aromatic rings. The summed E-state index contributed by atoms with van der Waals surface area (Å²) in [5.74, 6) is 0. The van der Waals surface area contributed by atoms with E-state index in [2.05, 4.69) is 141 Å². The molecular weight excluding hydrogens is 434 g/mol. The number of hydrogen-bond acceptors (Lipinski definition) is 1. The van der Waals surface area contributed by atoms with E-state index in [1.165, 1.54) is 27.8 Å². The van der Waals surface area contributed by atoms with E-state index in [0.29, 0.717) is 0 Å². The van der Waals surface area contributed by atoms with Gasteiger partial charge in [-0.1, -0.05) is 123 Å². The largest absolute Gasteiger partial charge is 0.256 e. The lowest BCUT2D eigenvalue weighted by atomic mass is 9.40. The number of hydrogen-bond donors (Lipinski definition) is 0. The highest BCUT2D eigenvalue weighted by atomic mass is 14.7. The molecule has 1 aromatic heterocycles. The maximum absolute atomic E-state index is 5.13. The highest BCUT2D eigenvalue weighted by Crippen LogP contribution is 2.67. The number of fused-ring (bicyclic) bond motifs is 2. The Morgan fingerprint density at radius 1 is 0.417 bits per heavy atom. The van der Waals surface area contributed by atoms with Crippen molar-refractivity contribution in [3.63, 3.8) is 0 Å². The predicted molar refractivity (Wildman–Crippen MR) is 157 cm³/mol. The highest BCUT2D eigenvalue weighted by molar-refractivity contribution is 5.66. The third-order valence-corrected chi connectivity index (χ3v) is 14.3. The Labute approximate surface area is 222 Å². The van der Waals surface area contributed by atoms with Crippen LogP contribution in [0.25, 0.3) is 11.3 Å². The van der Waals surface area contributed by atoms with Crippen molar-refractivity contribution in [1.29, 1.82) is 0 Å². The first-order valence-electron chi connectivity index (χ1n) is 14.1. The van der Waals surface area contributed by atoms with Crippen LogP contribution in [0.5, 0.6) is 0 Å². The molecule has 0 bridgehead atoms. The van der Waals surface area contributed by atoms with Crippen molar-refractivity contribution in [3.05, 3.63) is 52.7 Å². The summed E-state index contributed by atoms with van der Waals surface area (Å²) in [4.78, 5) is 5.13. The summed E-state index contributed by atoms with van der Waals surface area (Å²) in [7, 11) is 0. The molecule has 0 atom stereocenters. The van der Waals surface area contributed by atoms with E-state index in [1.54, 1.807) is 0 Å². The van der Waals surface area contributed by atoms with Gasteiger partial charge in [0.05, 0.1) is 5.69 Å². The molecule has 0 aliphatic heterocycles. The van der Waals surface area contributed by atoms with Crippen molar-refractivity contribution in [3.8, 4) is 11.3 Å². The van der Waals surface area contributed by atoms with Gasteiger partial charge < -0.3 is 0 Å². The van der Waals surface area contributed by atoms with Crippen molar-refractivity contribution in [1.82, 2.24) is 4.98 Å². The van der Waals surface area contributed by atoms with Gasteiger partial charge in [-0.3, -0.25) is 4.98 Å². The zero-order valence-electron chi connectivity index (χ0n) is 26.3. The van der Waals surface area contributed by atoms with Crippen molar-refractivity contribution < 1.29 is 0 Å². The van der Waals surface area contributed by atoms with E-state index in [0.717, 1.165) is 5.69 Å². The van der Waals surface area contributed by atoms with Crippen LogP contribution in [0.3, 0.4) is 0 Å². The third-order valence-electron chi connectivity index (χ3n) is 14.3. The number of rotatable bonds is 1. The molecule has 0 saturated carbocycles. The minimum Gasteiger partial charge on any atom is -0.256 e. The second kappa shape index (κ2) is 7.06. The van der Waals surface area contributed by atoms with Gasteiger partial charge in [-0.25, -0.2) is 0 Å². The van der Waals surface area contributed by atoms with E-state index < -0.39 is 0 Å². The van der Waals surface area contributed by atoms with Crippen LogP contribution in [0.4, 0.5) is 0 Å². The summed E-state index contributed by atoms with van der Waals surface area (Å²) < 4.78 is 0. The SMILES string of the molecule is CC1(C)c2ccc(-c3cc4c(cn3)C(C)(C)C(C)(C)C(C)(C)C4(C)C)cc2C(C)(C)C(C)(C)C1(C)C. The quantitative estimate of drug-likeness (QED) is 0.390. The van der Waals surface area contributed by atoms with Crippen molar-refractivity contribution in [2.24, 2.45) is 21.7 Å². The van der Waals surface area contributed by atoms with Gasteiger partial charge in [0.25, 0.3) is 0 Å². The Kier molecular flexibility index (Phi) is 5.38. The Morgan fingerprint density at radius 2 is 0.778 bits per heavy atom. The predicted octanol–water partition coefficient (Wildman–Crippen LogP) is 9.99. The van der Waals surface area contributed by atoms with Gasteiger partial charge in [-0.05, 0) is 77.7 Å². The first-order valence-corrected chi connectivity index (χ1v) is 14.1. The Hall–Kier alpha value is -1.63. The minimum absolute atomic E-state index is 0.0283. The van der Waals surface area contributed by atoms with Gasteiger partial charge in [0.15, 0.2) is 0 Å². The molecule has 198 valence electrons. The number of pyridine rings is 1. The number of aromatic nitrogens is 1.